The molecule has 2 heterocycles. The maximum absolute atomic E-state index is 5.46. The summed E-state index contributed by atoms with van der Waals surface area (Å²) in [5.41, 5.74) is 2.24. The number of nitrogens with zero attached hydrogens (tertiary/aromatic N) is 1. The van der Waals surface area contributed by atoms with Crippen LogP contribution in [-0.4, -0.2) is 4.98 Å². The molecule has 3 nitrogen and oxygen atoms in total. The van der Waals surface area contributed by atoms with E-state index in [1.54, 1.807) is 0 Å². The lowest BCUT2D eigenvalue weighted by molar-refractivity contribution is 0.461. The molecule has 2 aromatic heterocycles. The third-order valence-corrected chi connectivity index (χ3v) is 2.37. The molecular weight excluding hydrogens is 200 g/mol. The van der Waals surface area contributed by atoms with Crippen molar-refractivity contribution >= 4 is 0 Å². The Kier molecular flexibility index (Phi) is 3.37. The Balaban J connectivity index is 1.82. The second-order valence-corrected chi connectivity index (χ2v) is 3.94. The van der Waals surface area contributed by atoms with Gasteiger partial charge in [-0.3, -0.25) is 4.98 Å². The molecule has 0 spiro atoms. The number of nitrogens with one attached hydrogen (secondary N) is 1. The van der Waals surface area contributed by atoms with E-state index >= 15 is 0 Å². The van der Waals surface area contributed by atoms with Crippen LogP contribution < -0.4 is 5.32 Å². The zero-order chi connectivity index (χ0) is 11.4. The third kappa shape index (κ3) is 2.94. The fourth-order valence-electron chi connectivity index (χ4n) is 1.50. The van der Waals surface area contributed by atoms with Gasteiger partial charge in [-0.25, -0.2) is 0 Å². The van der Waals surface area contributed by atoms with Gasteiger partial charge in [-0.2, -0.15) is 0 Å². The maximum Gasteiger partial charge on any atom is 0.117 e. The molecule has 0 unspecified atom stereocenters. The lowest BCUT2D eigenvalue weighted by Gasteiger charge is -2.02. The van der Waals surface area contributed by atoms with E-state index in [4.69, 9.17) is 4.42 Å². The average Bonchev–Trinajstić information content (AvgIpc) is 2.67. The van der Waals surface area contributed by atoms with E-state index in [1.165, 1.54) is 5.56 Å². The molecule has 0 radical (unpaired) electrons. The maximum atomic E-state index is 5.46. The van der Waals surface area contributed by atoms with Gasteiger partial charge in [0.15, 0.2) is 0 Å². The molecule has 16 heavy (non-hydrogen) atoms. The van der Waals surface area contributed by atoms with Crippen LogP contribution in [-0.2, 0) is 13.1 Å². The molecule has 0 amide bonds. The molecule has 84 valence electrons. The molecule has 0 aliphatic rings. The summed E-state index contributed by atoms with van der Waals surface area (Å²) >= 11 is 0. The van der Waals surface area contributed by atoms with E-state index in [1.807, 2.05) is 38.2 Å². The fourth-order valence-corrected chi connectivity index (χ4v) is 1.50. The summed E-state index contributed by atoms with van der Waals surface area (Å²) in [4.78, 5) is 4.32. The lowest BCUT2D eigenvalue weighted by Crippen LogP contribution is -2.13. The average molecular weight is 216 g/mol. The van der Waals surface area contributed by atoms with Crippen LogP contribution in [0.3, 0.4) is 0 Å². The van der Waals surface area contributed by atoms with Crippen molar-refractivity contribution in [2.24, 2.45) is 0 Å². The number of rotatable bonds is 4. The molecule has 0 atom stereocenters. The standard InChI is InChI=1S/C13H16N2O/c1-10-3-5-12(15-7-10)8-14-9-13-6-4-11(2)16-13/h3-7,14H,8-9H2,1-2H3. The Morgan fingerprint density at radius 1 is 1.12 bits per heavy atom. The summed E-state index contributed by atoms with van der Waals surface area (Å²) in [7, 11) is 0. The Morgan fingerprint density at radius 3 is 2.62 bits per heavy atom. The Morgan fingerprint density at radius 2 is 2.00 bits per heavy atom. The summed E-state index contributed by atoms with van der Waals surface area (Å²) < 4.78 is 5.46. The SMILES string of the molecule is Cc1ccc(CNCc2ccc(C)o2)nc1. The van der Waals surface area contributed by atoms with Crippen molar-refractivity contribution in [1.82, 2.24) is 10.3 Å². The van der Waals surface area contributed by atoms with Gasteiger partial charge in [-0.05, 0) is 37.6 Å². The monoisotopic (exact) mass is 216 g/mol. The van der Waals surface area contributed by atoms with Gasteiger partial charge < -0.3 is 9.73 Å². The molecule has 0 aliphatic heterocycles. The van der Waals surface area contributed by atoms with Gasteiger partial charge in [-0.15, -0.1) is 0 Å². The molecule has 0 saturated carbocycles. The van der Waals surface area contributed by atoms with E-state index in [-0.39, 0.29) is 0 Å². The van der Waals surface area contributed by atoms with Crippen LogP contribution in [0.1, 0.15) is 22.8 Å². The molecule has 0 bridgehead atoms. The molecule has 0 aliphatic carbocycles. The number of pyridine rings is 1. The van der Waals surface area contributed by atoms with Crippen molar-refractivity contribution < 1.29 is 4.42 Å². The van der Waals surface area contributed by atoms with E-state index in [0.717, 1.165) is 30.3 Å². The molecule has 1 N–H and O–H groups in total. The minimum atomic E-state index is 0.739. The van der Waals surface area contributed by atoms with Crippen LogP contribution in [0.25, 0.3) is 0 Å². The van der Waals surface area contributed by atoms with Gasteiger partial charge in [0, 0.05) is 12.7 Å². The quantitative estimate of drug-likeness (QED) is 0.853. The molecular formula is C13H16N2O. The first kappa shape index (κ1) is 10.9. The van der Waals surface area contributed by atoms with E-state index < -0.39 is 0 Å². The highest BCUT2D eigenvalue weighted by Gasteiger charge is 1.98. The largest absolute Gasteiger partial charge is 0.465 e. The second-order valence-electron chi connectivity index (χ2n) is 3.94. The topological polar surface area (TPSA) is 38.1 Å². The number of hydrogen-bond acceptors (Lipinski definition) is 3. The van der Waals surface area contributed by atoms with Crippen LogP contribution in [0.4, 0.5) is 0 Å². The molecule has 0 saturated heterocycles. The van der Waals surface area contributed by atoms with Crippen LogP contribution in [0.15, 0.2) is 34.9 Å². The Hall–Kier alpha value is -1.61. The minimum absolute atomic E-state index is 0.739. The molecule has 3 heteroatoms. The number of aromatic nitrogens is 1. The summed E-state index contributed by atoms with van der Waals surface area (Å²) in [5.74, 6) is 1.91. The van der Waals surface area contributed by atoms with Gasteiger partial charge >= 0.3 is 0 Å². The number of hydrogen-bond donors (Lipinski definition) is 1. The predicted molar refractivity (Wildman–Crippen MR) is 63.0 cm³/mol. The van der Waals surface area contributed by atoms with Crippen LogP contribution in [0.5, 0.6) is 0 Å². The van der Waals surface area contributed by atoms with Gasteiger partial charge in [0.1, 0.15) is 11.5 Å². The number of furan rings is 1. The molecule has 2 rings (SSSR count). The first-order valence-electron chi connectivity index (χ1n) is 5.41. The van der Waals surface area contributed by atoms with Crippen LogP contribution in [0.2, 0.25) is 0 Å². The second kappa shape index (κ2) is 4.94. The Labute approximate surface area is 95.5 Å². The summed E-state index contributed by atoms with van der Waals surface area (Å²) in [6.07, 6.45) is 1.88. The highest BCUT2D eigenvalue weighted by atomic mass is 16.3. The smallest absolute Gasteiger partial charge is 0.117 e. The van der Waals surface area contributed by atoms with Gasteiger partial charge in [0.2, 0.25) is 0 Å². The van der Waals surface area contributed by atoms with E-state index in [2.05, 4.69) is 16.4 Å². The normalized spacial score (nSPS) is 10.6. The summed E-state index contributed by atoms with van der Waals surface area (Å²) in [5, 5.41) is 3.29. The van der Waals surface area contributed by atoms with Crippen LogP contribution in [0, 0.1) is 13.8 Å². The van der Waals surface area contributed by atoms with Crippen molar-refractivity contribution in [2.75, 3.05) is 0 Å². The van der Waals surface area contributed by atoms with Crippen molar-refractivity contribution in [3.63, 3.8) is 0 Å². The van der Waals surface area contributed by atoms with Crippen molar-refractivity contribution in [1.29, 1.82) is 0 Å². The fraction of sp³-hybridized carbons (Fsp3) is 0.308. The van der Waals surface area contributed by atoms with Gasteiger partial charge in [0.05, 0.1) is 12.2 Å². The van der Waals surface area contributed by atoms with Crippen molar-refractivity contribution in [2.45, 2.75) is 26.9 Å². The first-order chi connectivity index (χ1) is 7.74. The minimum Gasteiger partial charge on any atom is -0.465 e. The Bertz CT molecular complexity index is 445. The highest BCUT2D eigenvalue weighted by molar-refractivity contribution is 5.12. The summed E-state index contributed by atoms with van der Waals surface area (Å²) in [6.45, 7) is 5.49. The zero-order valence-electron chi connectivity index (χ0n) is 9.66. The van der Waals surface area contributed by atoms with Crippen molar-refractivity contribution in [3.8, 4) is 0 Å². The van der Waals surface area contributed by atoms with E-state index in [9.17, 15) is 0 Å². The predicted octanol–water partition coefficient (Wildman–Crippen LogP) is 2.58. The van der Waals surface area contributed by atoms with E-state index in [0.29, 0.717) is 0 Å². The summed E-state index contributed by atoms with van der Waals surface area (Å²) in [6, 6.07) is 8.07. The molecule has 0 fully saturated rings. The molecule has 0 aromatic carbocycles. The zero-order valence-corrected chi connectivity index (χ0v) is 9.66. The lowest BCUT2D eigenvalue weighted by atomic mass is 10.3. The van der Waals surface area contributed by atoms with Crippen LogP contribution >= 0.6 is 0 Å². The first-order valence-corrected chi connectivity index (χ1v) is 5.41. The number of aryl methyl sites for hydroxylation is 2. The third-order valence-electron chi connectivity index (χ3n) is 2.37. The van der Waals surface area contributed by atoms with Gasteiger partial charge in [-0.1, -0.05) is 6.07 Å². The highest BCUT2D eigenvalue weighted by Crippen LogP contribution is 2.06. The van der Waals surface area contributed by atoms with Crippen molar-refractivity contribution in [3.05, 3.63) is 53.2 Å². The van der Waals surface area contributed by atoms with Gasteiger partial charge in [0.25, 0.3) is 0 Å². The molecule has 2 aromatic rings.